The smallest absolute Gasteiger partial charge is 0.223 e. The molecule has 27 heavy (non-hydrogen) atoms. The van der Waals surface area contributed by atoms with Gasteiger partial charge in [0, 0.05) is 25.2 Å². The molecule has 1 saturated heterocycles. The zero-order chi connectivity index (χ0) is 18.2. The molecular formula is C20H20N4O2S. The number of carbonyl (C=O) groups is 1. The summed E-state index contributed by atoms with van der Waals surface area (Å²) in [6.45, 7) is 1.64. The van der Waals surface area contributed by atoms with Crippen molar-refractivity contribution in [3.8, 4) is 5.75 Å². The third-order valence-corrected chi connectivity index (χ3v) is 6.08. The fourth-order valence-corrected chi connectivity index (χ4v) is 4.32. The van der Waals surface area contributed by atoms with Crippen LogP contribution in [0, 0.1) is 5.92 Å². The lowest BCUT2D eigenvalue weighted by Gasteiger charge is -2.42. The van der Waals surface area contributed by atoms with Gasteiger partial charge in [-0.3, -0.25) is 4.79 Å². The number of anilines is 1. The minimum absolute atomic E-state index is 0.0496. The molecule has 0 atom stereocenters. The Hall–Kier alpha value is -2.67. The summed E-state index contributed by atoms with van der Waals surface area (Å²) in [5, 5.41) is 3.15. The van der Waals surface area contributed by atoms with Crippen LogP contribution in [0.15, 0.2) is 48.1 Å². The van der Waals surface area contributed by atoms with Crippen molar-refractivity contribution in [1.29, 1.82) is 0 Å². The van der Waals surface area contributed by atoms with E-state index in [0.29, 0.717) is 0 Å². The molecule has 2 aliphatic rings. The molecule has 7 heteroatoms. The van der Waals surface area contributed by atoms with Gasteiger partial charge in [-0.1, -0.05) is 12.1 Å². The van der Waals surface area contributed by atoms with Crippen LogP contribution in [0.5, 0.6) is 5.75 Å². The number of hydrogen-bond acceptors (Lipinski definition) is 6. The van der Waals surface area contributed by atoms with Crippen LogP contribution in [-0.2, 0) is 4.79 Å². The van der Waals surface area contributed by atoms with E-state index in [0.717, 1.165) is 47.7 Å². The van der Waals surface area contributed by atoms with Crippen LogP contribution >= 0.6 is 11.3 Å². The highest BCUT2D eigenvalue weighted by Crippen LogP contribution is 2.35. The summed E-state index contributed by atoms with van der Waals surface area (Å²) in [7, 11) is 0. The first-order valence-corrected chi connectivity index (χ1v) is 10.1. The van der Waals surface area contributed by atoms with Crippen LogP contribution in [0.4, 0.5) is 5.82 Å². The van der Waals surface area contributed by atoms with Gasteiger partial charge >= 0.3 is 0 Å². The quantitative estimate of drug-likeness (QED) is 0.737. The normalized spacial score (nSPS) is 22.1. The van der Waals surface area contributed by atoms with Crippen LogP contribution in [0.1, 0.15) is 12.8 Å². The number of rotatable bonds is 5. The van der Waals surface area contributed by atoms with E-state index in [1.165, 1.54) is 0 Å². The van der Waals surface area contributed by atoms with Gasteiger partial charge in [-0.25, -0.2) is 9.97 Å². The molecule has 1 aliphatic carbocycles. The molecule has 3 heterocycles. The predicted molar refractivity (Wildman–Crippen MR) is 105 cm³/mol. The lowest BCUT2D eigenvalue weighted by molar-refractivity contribution is -0.131. The molecule has 5 rings (SSSR count). The maximum atomic E-state index is 12.4. The highest BCUT2D eigenvalue weighted by atomic mass is 32.1. The standard InChI is InChI=1S/C20H20N4O2S/c25-20(23-14-10-24(11-14)18-6-1-2-7-21-18)13-8-15(9-13)26-16-4-3-5-17-19(16)22-12-27-17/h1-7,12-15H,8-11H2,(H,23,25)/t13-,15-. The molecule has 0 unspecified atom stereocenters. The lowest BCUT2D eigenvalue weighted by atomic mass is 9.81. The highest BCUT2D eigenvalue weighted by Gasteiger charge is 2.38. The second kappa shape index (κ2) is 6.81. The van der Waals surface area contributed by atoms with Crippen LogP contribution < -0.4 is 15.0 Å². The van der Waals surface area contributed by atoms with Crippen LogP contribution in [-0.4, -0.2) is 41.1 Å². The number of nitrogens with one attached hydrogen (secondary N) is 1. The number of ether oxygens (including phenoxy) is 1. The van der Waals surface area contributed by atoms with Crippen LogP contribution in [0.2, 0.25) is 0 Å². The van der Waals surface area contributed by atoms with Crippen molar-refractivity contribution in [1.82, 2.24) is 15.3 Å². The Morgan fingerprint density at radius 2 is 2.04 bits per heavy atom. The van der Waals surface area contributed by atoms with Crippen molar-refractivity contribution in [2.24, 2.45) is 5.92 Å². The van der Waals surface area contributed by atoms with E-state index in [1.54, 1.807) is 17.5 Å². The van der Waals surface area contributed by atoms with Crippen LogP contribution in [0.3, 0.4) is 0 Å². The van der Waals surface area contributed by atoms with E-state index in [-0.39, 0.29) is 24.0 Å². The number of fused-ring (bicyclic) bond motifs is 1. The van der Waals surface area contributed by atoms with Gasteiger partial charge in [0.1, 0.15) is 23.2 Å². The maximum absolute atomic E-state index is 12.4. The number of pyridine rings is 1. The second-order valence-corrected chi connectivity index (χ2v) is 8.05. The van der Waals surface area contributed by atoms with Crippen molar-refractivity contribution in [3.05, 3.63) is 48.1 Å². The average Bonchev–Trinajstić information content (AvgIpc) is 3.10. The van der Waals surface area contributed by atoms with Gasteiger partial charge in [-0.15, -0.1) is 11.3 Å². The molecule has 138 valence electrons. The summed E-state index contributed by atoms with van der Waals surface area (Å²) < 4.78 is 7.20. The molecule has 1 amide bonds. The third kappa shape index (κ3) is 3.23. The van der Waals surface area contributed by atoms with E-state index in [1.807, 2.05) is 41.9 Å². The fraction of sp³-hybridized carbons (Fsp3) is 0.350. The number of amides is 1. The maximum Gasteiger partial charge on any atom is 0.223 e. The molecule has 1 N–H and O–H groups in total. The summed E-state index contributed by atoms with van der Waals surface area (Å²) in [4.78, 5) is 23.3. The predicted octanol–water partition coefficient (Wildman–Crippen LogP) is 2.85. The fourth-order valence-electron chi connectivity index (χ4n) is 3.63. The lowest BCUT2D eigenvalue weighted by Crippen LogP contribution is -2.61. The van der Waals surface area contributed by atoms with Crippen molar-refractivity contribution in [2.45, 2.75) is 25.0 Å². The van der Waals surface area contributed by atoms with Crippen LogP contribution in [0.25, 0.3) is 10.2 Å². The summed E-state index contributed by atoms with van der Waals surface area (Å²) in [5.74, 6) is 1.99. The van der Waals surface area contributed by atoms with Gasteiger partial charge in [0.15, 0.2) is 0 Å². The molecule has 3 aromatic rings. The van der Waals surface area contributed by atoms with Gasteiger partial charge in [-0.05, 0) is 37.1 Å². The Bertz CT molecular complexity index is 949. The molecule has 0 spiro atoms. The minimum atomic E-state index is 0.0496. The van der Waals surface area contributed by atoms with Gasteiger partial charge < -0.3 is 15.0 Å². The SMILES string of the molecule is O=C(NC1CN(c2ccccn2)C1)[C@H]1C[C@H](Oc2cccc3scnc23)C1. The van der Waals surface area contributed by atoms with Gasteiger partial charge in [0.25, 0.3) is 0 Å². The Kier molecular flexibility index (Phi) is 4.16. The number of para-hydroxylation sites is 1. The van der Waals surface area contributed by atoms with Gasteiger partial charge in [0.2, 0.25) is 5.91 Å². The summed E-state index contributed by atoms with van der Waals surface area (Å²) in [5.41, 5.74) is 2.75. The summed E-state index contributed by atoms with van der Waals surface area (Å²) >= 11 is 1.61. The second-order valence-electron chi connectivity index (χ2n) is 7.16. The van der Waals surface area contributed by atoms with E-state index < -0.39 is 0 Å². The van der Waals surface area contributed by atoms with Crippen molar-refractivity contribution >= 4 is 33.3 Å². The van der Waals surface area contributed by atoms with E-state index in [2.05, 4.69) is 20.2 Å². The van der Waals surface area contributed by atoms with E-state index >= 15 is 0 Å². The molecule has 1 saturated carbocycles. The molecular weight excluding hydrogens is 360 g/mol. The monoisotopic (exact) mass is 380 g/mol. The third-order valence-electron chi connectivity index (χ3n) is 5.28. The number of nitrogens with zero attached hydrogens (tertiary/aromatic N) is 3. The molecule has 0 radical (unpaired) electrons. The average molecular weight is 380 g/mol. The van der Waals surface area contributed by atoms with Crippen molar-refractivity contribution < 1.29 is 9.53 Å². The number of carbonyl (C=O) groups excluding carboxylic acids is 1. The van der Waals surface area contributed by atoms with Crippen molar-refractivity contribution in [2.75, 3.05) is 18.0 Å². The Morgan fingerprint density at radius 3 is 2.85 bits per heavy atom. The van der Waals surface area contributed by atoms with E-state index in [9.17, 15) is 4.79 Å². The molecule has 0 bridgehead atoms. The first kappa shape index (κ1) is 16.5. The largest absolute Gasteiger partial charge is 0.488 e. The molecule has 1 aromatic carbocycles. The topological polar surface area (TPSA) is 67.4 Å². The zero-order valence-corrected chi connectivity index (χ0v) is 15.6. The number of hydrogen-bond donors (Lipinski definition) is 1. The molecule has 6 nitrogen and oxygen atoms in total. The molecule has 1 aliphatic heterocycles. The molecule has 2 fully saturated rings. The summed E-state index contributed by atoms with van der Waals surface area (Å²) in [6, 6.07) is 12.1. The number of aromatic nitrogens is 2. The Morgan fingerprint density at radius 1 is 1.15 bits per heavy atom. The molecule has 2 aromatic heterocycles. The first-order chi connectivity index (χ1) is 13.3. The Labute approximate surface area is 161 Å². The number of thiazole rings is 1. The minimum Gasteiger partial charge on any atom is -0.488 e. The zero-order valence-electron chi connectivity index (χ0n) is 14.7. The van der Waals surface area contributed by atoms with Gasteiger partial charge in [-0.2, -0.15) is 0 Å². The highest BCUT2D eigenvalue weighted by molar-refractivity contribution is 7.16. The first-order valence-electron chi connectivity index (χ1n) is 9.21. The Balaban J connectivity index is 1.09. The number of benzene rings is 1. The van der Waals surface area contributed by atoms with Gasteiger partial charge in [0.05, 0.1) is 16.3 Å². The van der Waals surface area contributed by atoms with E-state index in [4.69, 9.17) is 4.74 Å². The summed E-state index contributed by atoms with van der Waals surface area (Å²) in [6.07, 6.45) is 3.42. The van der Waals surface area contributed by atoms with Crippen molar-refractivity contribution in [3.63, 3.8) is 0 Å².